The second-order valence-electron chi connectivity index (χ2n) is 17.6. The van der Waals surface area contributed by atoms with Crippen LogP contribution in [0.3, 0.4) is 0 Å². The van der Waals surface area contributed by atoms with Crippen molar-refractivity contribution in [3.05, 3.63) is 0 Å². The van der Waals surface area contributed by atoms with E-state index in [1.54, 1.807) is 0 Å². The quantitative estimate of drug-likeness (QED) is 0.0347. The summed E-state index contributed by atoms with van der Waals surface area (Å²) in [5, 5.41) is 0. The number of carbonyl (C=O) groups excluding carboxylic acids is 3. The molecule has 0 aromatic heterocycles. The molecule has 0 aromatic carbocycles. The highest BCUT2D eigenvalue weighted by atomic mass is 16.6. The molecule has 0 spiro atoms. The van der Waals surface area contributed by atoms with Crippen molar-refractivity contribution in [3.8, 4) is 0 Å². The van der Waals surface area contributed by atoms with E-state index in [9.17, 15) is 14.4 Å². The first-order valence-electron chi connectivity index (χ1n) is 24.9. The number of esters is 3. The predicted molar refractivity (Wildman–Crippen MR) is 238 cm³/mol. The first kappa shape index (κ1) is 54.4. The molecule has 0 saturated heterocycles. The second kappa shape index (κ2) is 44.5. The summed E-state index contributed by atoms with van der Waals surface area (Å²) < 4.78 is 16.7. The summed E-state index contributed by atoms with van der Waals surface area (Å²) in [5.41, 5.74) is 0. The molecule has 1 atom stereocenters. The minimum absolute atomic E-state index is 0.0637. The molecule has 0 saturated carbocycles. The molecule has 6 heteroatoms. The molecule has 0 aliphatic carbocycles. The van der Waals surface area contributed by atoms with Gasteiger partial charge in [0.15, 0.2) is 6.10 Å². The third kappa shape index (κ3) is 43.5. The summed E-state index contributed by atoms with van der Waals surface area (Å²) in [6, 6.07) is 0. The molecule has 0 fully saturated rings. The lowest BCUT2D eigenvalue weighted by atomic mass is 10.0. The van der Waals surface area contributed by atoms with Crippen molar-refractivity contribution in [2.24, 2.45) is 5.92 Å². The maximum Gasteiger partial charge on any atom is 0.306 e. The summed E-state index contributed by atoms with van der Waals surface area (Å²) in [4.78, 5) is 37.8. The van der Waals surface area contributed by atoms with E-state index in [-0.39, 0.29) is 31.1 Å². The molecule has 0 aromatic rings. The van der Waals surface area contributed by atoms with Gasteiger partial charge in [0.2, 0.25) is 0 Å². The van der Waals surface area contributed by atoms with Crippen LogP contribution in [0.5, 0.6) is 0 Å². The molecule has 0 aliphatic rings. The lowest BCUT2D eigenvalue weighted by Gasteiger charge is -2.18. The van der Waals surface area contributed by atoms with E-state index in [0.29, 0.717) is 19.3 Å². The maximum absolute atomic E-state index is 12.8. The van der Waals surface area contributed by atoms with Crippen LogP contribution in [0.2, 0.25) is 0 Å². The van der Waals surface area contributed by atoms with Crippen molar-refractivity contribution in [1.29, 1.82) is 0 Å². The molecule has 0 heterocycles. The molecule has 0 aliphatic heterocycles. The predicted octanol–water partition coefficient (Wildman–Crippen LogP) is 15.9. The zero-order valence-electron chi connectivity index (χ0n) is 38.1. The first-order chi connectivity index (χ1) is 27.4. The highest BCUT2D eigenvalue weighted by molar-refractivity contribution is 5.71. The Kier molecular flexibility index (Phi) is 43.2. The minimum Gasteiger partial charge on any atom is -0.462 e. The number of carbonyl (C=O) groups is 3. The number of hydrogen-bond donors (Lipinski definition) is 0. The molecule has 0 N–H and O–H groups in total. The molecule has 0 rings (SSSR count). The number of rotatable bonds is 45. The number of ether oxygens (including phenoxy) is 3. The van der Waals surface area contributed by atoms with E-state index >= 15 is 0 Å². The van der Waals surface area contributed by atoms with Crippen LogP contribution in [0.1, 0.15) is 278 Å². The maximum atomic E-state index is 12.8. The van der Waals surface area contributed by atoms with Gasteiger partial charge in [-0.2, -0.15) is 0 Å². The summed E-state index contributed by atoms with van der Waals surface area (Å²) >= 11 is 0. The van der Waals surface area contributed by atoms with Crippen LogP contribution in [-0.4, -0.2) is 37.2 Å². The normalized spacial score (nSPS) is 11.9. The van der Waals surface area contributed by atoms with Gasteiger partial charge in [-0.25, -0.2) is 0 Å². The smallest absolute Gasteiger partial charge is 0.306 e. The van der Waals surface area contributed by atoms with E-state index in [2.05, 4.69) is 27.7 Å². The van der Waals surface area contributed by atoms with Gasteiger partial charge in [0.1, 0.15) is 13.2 Å². The van der Waals surface area contributed by atoms with Gasteiger partial charge in [-0.1, -0.05) is 240 Å². The zero-order valence-corrected chi connectivity index (χ0v) is 38.1. The molecular weight excluding hydrogens is 697 g/mol. The number of unbranched alkanes of at least 4 members (excludes halogenated alkanes) is 32. The van der Waals surface area contributed by atoms with E-state index in [1.165, 1.54) is 173 Å². The molecule has 6 nitrogen and oxygen atoms in total. The van der Waals surface area contributed by atoms with E-state index in [1.807, 2.05) is 0 Å². The topological polar surface area (TPSA) is 78.9 Å². The molecule has 0 unspecified atom stereocenters. The van der Waals surface area contributed by atoms with E-state index < -0.39 is 6.10 Å². The lowest BCUT2D eigenvalue weighted by molar-refractivity contribution is -0.167. The molecular formula is C50H96O6. The van der Waals surface area contributed by atoms with Gasteiger partial charge in [-0.15, -0.1) is 0 Å². The van der Waals surface area contributed by atoms with Crippen molar-refractivity contribution in [2.45, 2.75) is 284 Å². The Balaban J connectivity index is 4.26. The van der Waals surface area contributed by atoms with Crippen LogP contribution in [0.4, 0.5) is 0 Å². The Morgan fingerprint density at radius 3 is 0.875 bits per heavy atom. The van der Waals surface area contributed by atoms with Gasteiger partial charge in [0.05, 0.1) is 0 Å². The van der Waals surface area contributed by atoms with Crippen LogP contribution >= 0.6 is 0 Å². The van der Waals surface area contributed by atoms with Crippen LogP contribution in [0.15, 0.2) is 0 Å². The summed E-state index contributed by atoms with van der Waals surface area (Å²) in [7, 11) is 0. The van der Waals surface area contributed by atoms with Crippen molar-refractivity contribution in [3.63, 3.8) is 0 Å². The second-order valence-corrected chi connectivity index (χ2v) is 17.6. The highest BCUT2D eigenvalue weighted by Gasteiger charge is 2.19. The summed E-state index contributed by atoms with van der Waals surface area (Å²) in [5.74, 6) is -0.0426. The molecule has 56 heavy (non-hydrogen) atoms. The Bertz CT molecular complexity index is 841. The van der Waals surface area contributed by atoms with E-state index in [0.717, 1.165) is 63.7 Å². The molecule has 0 bridgehead atoms. The van der Waals surface area contributed by atoms with Crippen molar-refractivity contribution in [1.82, 2.24) is 0 Å². The molecule has 332 valence electrons. The van der Waals surface area contributed by atoms with Crippen LogP contribution < -0.4 is 0 Å². The Hall–Kier alpha value is -1.59. The van der Waals surface area contributed by atoms with Crippen molar-refractivity contribution >= 4 is 17.9 Å². The Morgan fingerprint density at radius 1 is 0.339 bits per heavy atom. The van der Waals surface area contributed by atoms with Crippen molar-refractivity contribution < 1.29 is 28.6 Å². The lowest BCUT2D eigenvalue weighted by Crippen LogP contribution is -2.30. The average Bonchev–Trinajstić information content (AvgIpc) is 3.18. The molecule has 0 amide bonds. The van der Waals surface area contributed by atoms with Crippen LogP contribution in [0.25, 0.3) is 0 Å². The van der Waals surface area contributed by atoms with Gasteiger partial charge in [-0.3, -0.25) is 14.4 Å². The third-order valence-electron chi connectivity index (χ3n) is 11.3. The Morgan fingerprint density at radius 2 is 0.589 bits per heavy atom. The van der Waals surface area contributed by atoms with Crippen LogP contribution in [0, 0.1) is 5.92 Å². The van der Waals surface area contributed by atoms with Gasteiger partial charge >= 0.3 is 17.9 Å². The fourth-order valence-electron chi connectivity index (χ4n) is 7.51. The first-order valence-corrected chi connectivity index (χ1v) is 24.9. The van der Waals surface area contributed by atoms with Crippen LogP contribution in [-0.2, 0) is 28.6 Å². The zero-order chi connectivity index (χ0) is 41.0. The monoisotopic (exact) mass is 793 g/mol. The van der Waals surface area contributed by atoms with Gasteiger partial charge in [-0.05, 0) is 25.2 Å². The number of hydrogen-bond acceptors (Lipinski definition) is 6. The fourth-order valence-corrected chi connectivity index (χ4v) is 7.51. The summed E-state index contributed by atoms with van der Waals surface area (Å²) in [6.45, 7) is 8.98. The standard InChI is InChI=1S/C50H96O6/c1-5-7-9-11-13-15-16-17-18-19-20-21-22-26-31-35-39-43-50(53)56-47(44-54-48(51)41-37-33-29-24-14-12-10-8-6-2)45-55-49(52)42-38-34-30-27-23-25-28-32-36-40-46(3)4/h46-47H,5-45H2,1-4H3/t47-/m1/s1. The molecule has 0 radical (unpaired) electrons. The fraction of sp³-hybridized carbons (Fsp3) is 0.940. The highest BCUT2D eigenvalue weighted by Crippen LogP contribution is 2.17. The SMILES string of the molecule is CCCCCCCCCCCCCCCCCCCC(=O)O[C@H](COC(=O)CCCCCCCCCCC)COC(=O)CCCCCCCCCCCC(C)C. The van der Waals surface area contributed by atoms with Gasteiger partial charge < -0.3 is 14.2 Å². The largest absolute Gasteiger partial charge is 0.462 e. The Labute approximate surface area is 348 Å². The van der Waals surface area contributed by atoms with Gasteiger partial charge in [0.25, 0.3) is 0 Å². The summed E-state index contributed by atoms with van der Waals surface area (Å²) in [6.07, 6.45) is 45.2. The third-order valence-corrected chi connectivity index (χ3v) is 11.3. The minimum atomic E-state index is -0.759. The van der Waals surface area contributed by atoms with Crippen molar-refractivity contribution in [2.75, 3.05) is 13.2 Å². The average molecular weight is 793 g/mol. The van der Waals surface area contributed by atoms with E-state index in [4.69, 9.17) is 14.2 Å². The van der Waals surface area contributed by atoms with Gasteiger partial charge in [0, 0.05) is 19.3 Å².